The maximum absolute atomic E-state index is 15.1. The predicted octanol–water partition coefficient (Wildman–Crippen LogP) is 21.5. The number of ether oxygens (including phenoxy) is 6. The van der Waals surface area contributed by atoms with Crippen LogP contribution in [0, 0.1) is 105 Å². The monoisotopic (exact) mass is 2080 g/mol. The number of nitrogens with one attached hydrogen (secondary N) is 4. The molecular weight excluding hydrogens is 1970 g/mol. The number of amides is 3. The van der Waals surface area contributed by atoms with Gasteiger partial charge in [0.1, 0.15) is 34.7 Å². The van der Waals surface area contributed by atoms with Crippen LogP contribution in [0.5, 0.6) is 0 Å². The molecule has 6 fully saturated rings. The molecule has 0 radical (unpaired) electrons. The lowest BCUT2D eigenvalue weighted by Gasteiger charge is -2.37. The zero-order valence-corrected chi connectivity index (χ0v) is 82.2. The second kappa shape index (κ2) is 48.1. The number of hydrogen-bond donors (Lipinski definition) is 8. The zero-order chi connectivity index (χ0) is 104. The third-order valence-electron chi connectivity index (χ3n) is 27.8. The number of thiocarbonyl (C=S) groups is 1. The highest BCUT2D eigenvalue weighted by Gasteiger charge is 2.57. The number of rotatable bonds is 22. The van der Waals surface area contributed by atoms with E-state index >= 15 is 8.78 Å². The Morgan fingerprint density at radius 3 is 1.24 bits per heavy atom. The molecule has 9 N–H and O–H groups in total. The number of hydrogen-bond acceptors (Lipinski definition) is 18. The largest absolute Gasteiger partial charge is 0.444 e. The second-order valence-electron chi connectivity index (χ2n) is 38.5. The summed E-state index contributed by atoms with van der Waals surface area (Å²) in [6.07, 6.45) is 2.56. The van der Waals surface area contributed by atoms with E-state index in [2.05, 4.69) is 21.3 Å². The van der Waals surface area contributed by atoms with Gasteiger partial charge in [0, 0.05) is 106 Å². The molecule has 3 aliphatic heterocycles. The van der Waals surface area contributed by atoms with Gasteiger partial charge in [-0.3, -0.25) is 30.2 Å². The molecule has 0 aromatic heterocycles. The molecule has 5 aliphatic carbocycles. The molecule has 35 heteroatoms. The van der Waals surface area contributed by atoms with Crippen LogP contribution in [-0.4, -0.2) is 123 Å². The van der Waals surface area contributed by atoms with E-state index in [1.54, 1.807) is 154 Å². The van der Waals surface area contributed by atoms with Gasteiger partial charge >= 0.3 is 6.09 Å². The topological polar surface area (TPSA) is 266 Å². The highest BCUT2D eigenvalue weighted by Crippen LogP contribution is 2.56. The third kappa shape index (κ3) is 25.8. The molecule has 0 bridgehead atoms. The summed E-state index contributed by atoms with van der Waals surface area (Å²) in [7, 11) is 0. The predicted molar refractivity (Wildman–Crippen MR) is 532 cm³/mol. The fourth-order valence-corrected chi connectivity index (χ4v) is 23.4. The van der Waals surface area contributed by atoms with Gasteiger partial charge in [-0.1, -0.05) is 175 Å². The van der Waals surface area contributed by atoms with Crippen molar-refractivity contribution in [2.24, 2.45) is 45.3 Å². The number of amidine groups is 2. The SMILES string of the molecule is CC(C)(C)OC(=O)NC1=N[C@@]2(c3ccccc3F)C[C@H](O)C[C@H]2CS1.Fc1ccc(CO[C@@H]2C[C@H]3COC[C@@]3(c3ccccc3F)C2)cc1F.N[C@@]1(c2ccccc2F)C[C@H](OCc2ccc(F)c(F)c2)C[C@H]1CO.O=C(NC(=S)N[C@@]1(c2ccccc2F)C[C@H](OCc2ccc(F)c(F)c2)C[C@H]1CO)c1ccccc1.O=C(NC1=N[C@@]2(c3ccccc3F)C[C@H](OCc3ccc(F)c(F)c3)C[C@H]2CS1)c1ccccc1. The highest BCUT2D eigenvalue weighted by molar-refractivity contribution is 8.14. The van der Waals surface area contributed by atoms with Crippen molar-refractivity contribution < 1.29 is 115 Å². The molecule has 5 saturated carbocycles. The summed E-state index contributed by atoms with van der Waals surface area (Å²) >= 11 is 8.25. The Morgan fingerprint density at radius 2 is 0.795 bits per heavy atom. The number of carbonyl (C=O) groups excluding carboxylic acids is 3. The first kappa shape index (κ1) is 108. The van der Waals surface area contributed by atoms with Crippen LogP contribution < -0.4 is 27.0 Å². The van der Waals surface area contributed by atoms with E-state index in [1.165, 1.54) is 78.1 Å². The molecule has 19 nitrogen and oxygen atoms in total. The fourth-order valence-electron chi connectivity index (χ4n) is 20.8. The number of nitrogens with two attached hydrogens (primary N) is 1. The van der Waals surface area contributed by atoms with Gasteiger partial charge in [-0.15, -0.1) is 0 Å². The lowest BCUT2D eigenvalue weighted by molar-refractivity contribution is 0.0287. The fraction of sp³-hybridized carbons (Fsp3) is 0.351. The number of fused-ring (bicyclic) bond motifs is 3. The van der Waals surface area contributed by atoms with Crippen molar-refractivity contribution in [2.45, 2.75) is 175 Å². The number of halogens is 13. The van der Waals surface area contributed by atoms with Crippen LogP contribution in [-0.2, 0) is 82.4 Å². The molecule has 3 heterocycles. The summed E-state index contributed by atoms with van der Waals surface area (Å²) in [5, 5.41) is 42.2. The molecule has 8 aliphatic rings. The first-order chi connectivity index (χ1) is 70.0. The molecule has 146 heavy (non-hydrogen) atoms. The lowest BCUT2D eigenvalue weighted by atomic mass is 9.74. The van der Waals surface area contributed by atoms with Crippen LogP contribution in [0.2, 0.25) is 0 Å². The third-order valence-corrected chi connectivity index (χ3v) is 30.1. The van der Waals surface area contributed by atoms with Crippen LogP contribution in [0.15, 0.2) is 265 Å². The van der Waals surface area contributed by atoms with Crippen molar-refractivity contribution in [1.29, 1.82) is 0 Å². The van der Waals surface area contributed by atoms with E-state index in [9.17, 15) is 78.0 Å². The highest BCUT2D eigenvalue weighted by atomic mass is 32.2. The van der Waals surface area contributed by atoms with Crippen molar-refractivity contribution in [2.75, 3.05) is 37.9 Å². The quantitative estimate of drug-likeness (QED) is 0.0231. The van der Waals surface area contributed by atoms with Crippen molar-refractivity contribution >= 4 is 69.1 Å². The maximum Gasteiger partial charge on any atom is 0.413 e. The van der Waals surface area contributed by atoms with E-state index in [0.717, 1.165) is 55.0 Å². The van der Waals surface area contributed by atoms with Gasteiger partial charge in [-0.05, 0) is 215 Å². The van der Waals surface area contributed by atoms with E-state index in [-0.39, 0.29) is 127 Å². The Morgan fingerprint density at radius 1 is 0.418 bits per heavy atom. The van der Waals surface area contributed by atoms with Crippen molar-refractivity contribution in [3.05, 3.63) is 392 Å². The van der Waals surface area contributed by atoms with Gasteiger partial charge < -0.3 is 60.1 Å². The Hall–Kier alpha value is -11.7. The zero-order valence-electron chi connectivity index (χ0n) is 79.8. The van der Waals surface area contributed by atoms with Gasteiger partial charge in [-0.25, -0.2) is 61.9 Å². The Balaban J connectivity index is 0.000000138. The molecule has 1 saturated heterocycles. The molecule has 15 atom stereocenters. The van der Waals surface area contributed by atoms with Crippen molar-refractivity contribution in [1.82, 2.24) is 21.3 Å². The first-order valence-electron chi connectivity index (χ1n) is 47.7. The molecule has 770 valence electrons. The van der Waals surface area contributed by atoms with E-state index in [1.807, 2.05) is 18.2 Å². The van der Waals surface area contributed by atoms with Crippen LogP contribution in [0.4, 0.5) is 61.9 Å². The standard InChI is InChI=1S/C27H25F3N2O3S.C27H23F3N2O2S.C20H19F3O2.C19H20F3NO2.C18H23FN2O3S/c28-22-9-5-4-8-21(22)27(32-26(36)31-25(34)18-6-2-1-3-7-18)14-20(13-19(27)15-33)35-16-17-10-11-23(29)24(30)12-17;28-22-9-5-4-8-21(22)27-14-20(34-15-17-10-11-23(29)24(30)12-17)13-19(27)16-35-26(32-27)31-25(33)18-6-2-1-3-7-18;21-17-4-2-1-3-16(17)20-9-15(8-14(20)11-24-12-20)25-10-13-5-6-18(22)19(23)7-13;20-16-4-2-1-3-15(16)19(23)9-14(8-13(19)10-24)25-11-12-5-6-17(21)18(22)7-12;1-17(2,3)24-16(23)20-15-21-18(13-6-4-5-7-14(13)19)9-12(22)8-11(18)10-25-15/h1-12,19-20,33H,13-16H2,(H2,31,32,34,36);1-12,19-20H,13-16H2,(H,31,32,33);1-7,14-15H,8-12H2;1-7,13-14,24H,8-11,23H2;4-7,11-12,22H,8-10H2,1-3H3,(H,20,21,23)/t2*19-,20+,27-;14-,15+,20-;13-,14+,19-;11-,12+,18-/m00000/s1. The minimum absolute atomic E-state index is 0.00254. The lowest BCUT2D eigenvalue weighted by Crippen LogP contribution is -2.54. The molecular formula is C111H110F13N7O12S3. The molecule has 11 aromatic rings. The van der Waals surface area contributed by atoms with Crippen LogP contribution in [0.3, 0.4) is 0 Å². The second-order valence-corrected chi connectivity index (χ2v) is 41.0. The normalized spacial score (nSPS) is 25.1. The summed E-state index contributed by atoms with van der Waals surface area (Å²) in [6.45, 7) is 6.36. The number of aliphatic imine (C=N–C) groups is 2. The minimum Gasteiger partial charge on any atom is -0.444 e. The average Bonchev–Trinajstić information content (AvgIpc) is 1.56. The molecule has 3 amide bonds. The average molecular weight is 2080 g/mol. The molecule has 19 rings (SSSR count). The summed E-state index contributed by atoms with van der Waals surface area (Å²) in [6, 6.07) is 64.2. The summed E-state index contributed by atoms with van der Waals surface area (Å²) in [5.74, 6) is -9.22. The van der Waals surface area contributed by atoms with Crippen LogP contribution in [0.1, 0.15) is 156 Å². The van der Waals surface area contributed by atoms with Gasteiger partial charge in [-0.2, -0.15) is 0 Å². The maximum atomic E-state index is 15.1. The summed E-state index contributed by atoms with van der Waals surface area (Å²) < 4.78 is 214. The van der Waals surface area contributed by atoms with E-state index in [0.29, 0.717) is 142 Å². The number of thioether (sulfide) groups is 2. The van der Waals surface area contributed by atoms with Gasteiger partial charge in [0.25, 0.3) is 11.8 Å². The number of nitrogens with zero attached hydrogens (tertiary/aromatic N) is 2. The van der Waals surface area contributed by atoms with Crippen molar-refractivity contribution in [3.63, 3.8) is 0 Å². The Kier molecular flexibility index (Phi) is 35.7. The number of aliphatic hydroxyl groups excluding tert-OH is 3. The molecule has 11 aromatic carbocycles. The first-order valence-corrected chi connectivity index (χ1v) is 50.1. The van der Waals surface area contributed by atoms with Gasteiger partial charge in [0.05, 0.1) is 92.3 Å². The number of benzene rings is 11. The number of carbonyl (C=O) groups is 3. The van der Waals surface area contributed by atoms with E-state index < -0.39 is 116 Å². The summed E-state index contributed by atoms with van der Waals surface area (Å²) in [5.41, 5.74) is 6.76. The smallest absolute Gasteiger partial charge is 0.413 e. The van der Waals surface area contributed by atoms with Crippen LogP contribution >= 0.6 is 35.7 Å². The minimum atomic E-state index is -1.18. The number of alkyl carbamates (subject to hydrolysis) is 1. The summed E-state index contributed by atoms with van der Waals surface area (Å²) in [4.78, 5) is 47.0. The number of aliphatic hydroxyl groups is 3. The van der Waals surface area contributed by atoms with E-state index in [4.69, 9.17) is 56.4 Å². The molecule has 0 unspecified atom stereocenters. The van der Waals surface area contributed by atoms with Crippen LogP contribution in [0.25, 0.3) is 0 Å². The Bertz CT molecular complexity index is 6450. The van der Waals surface area contributed by atoms with Gasteiger partial charge in [0.15, 0.2) is 62.0 Å². The van der Waals surface area contributed by atoms with Crippen molar-refractivity contribution in [3.8, 4) is 0 Å². The van der Waals surface area contributed by atoms with Gasteiger partial charge in [0.2, 0.25) is 0 Å². The Labute approximate surface area is 850 Å². The molecule has 0 spiro atoms.